The van der Waals surface area contributed by atoms with Crippen LogP contribution in [0.5, 0.6) is 0 Å². The van der Waals surface area contributed by atoms with Gasteiger partial charge in [0.2, 0.25) is 0 Å². The van der Waals surface area contributed by atoms with E-state index in [2.05, 4.69) is 26.1 Å². The van der Waals surface area contributed by atoms with E-state index < -0.39 is 0 Å². The Balaban J connectivity index is 1.41. The van der Waals surface area contributed by atoms with Gasteiger partial charge in [0.05, 0.1) is 26.2 Å². The van der Waals surface area contributed by atoms with Crippen molar-refractivity contribution in [1.82, 2.24) is 4.90 Å². The summed E-state index contributed by atoms with van der Waals surface area (Å²) in [6.07, 6.45) is 0. The predicted octanol–water partition coefficient (Wildman–Crippen LogP) is 6.03. The van der Waals surface area contributed by atoms with Crippen molar-refractivity contribution < 1.29 is 9.59 Å². The summed E-state index contributed by atoms with van der Waals surface area (Å²) in [6, 6.07) is 14.3. The Labute approximate surface area is 202 Å². The van der Waals surface area contributed by atoms with Crippen LogP contribution in [-0.4, -0.2) is 42.9 Å². The van der Waals surface area contributed by atoms with Gasteiger partial charge in [0.1, 0.15) is 0 Å². The normalized spacial score (nSPS) is 13.9. The molecule has 1 aliphatic rings. The monoisotopic (exact) mass is 537 g/mol. The SMILES string of the molecule is O=C(Nc1ccc(N2CCN(C(=O)c3cccs3)CC2)c(Cl)c1)c1cc(Br)ccc1Cl. The quantitative estimate of drug-likeness (QED) is 0.441. The van der Waals surface area contributed by atoms with E-state index in [1.54, 1.807) is 24.3 Å². The van der Waals surface area contributed by atoms with E-state index in [1.165, 1.54) is 11.3 Å². The molecular formula is C22H18BrCl2N3O2S. The topological polar surface area (TPSA) is 52.7 Å². The molecule has 1 saturated heterocycles. The molecule has 5 nitrogen and oxygen atoms in total. The summed E-state index contributed by atoms with van der Waals surface area (Å²) in [5, 5.41) is 5.66. The van der Waals surface area contributed by atoms with Crippen molar-refractivity contribution in [3.63, 3.8) is 0 Å². The van der Waals surface area contributed by atoms with Crippen molar-refractivity contribution >= 4 is 73.7 Å². The van der Waals surface area contributed by atoms with Crippen molar-refractivity contribution in [3.8, 4) is 0 Å². The molecule has 1 aromatic heterocycles. The van der Waals surface area contributed by atoms with Crippen molar-refractivity contribution in [1.29, 1.82) is 0 Å². The number of thiophene rings is 1. The molecule has 0 bridgehead atoms. The van der Waals surface area contributed by atoms with Crippen LogP contribution in [0.2, 0.25) is 10.0 Å². The number of nitrogens with zero attached hydrogens (tertiary/aromatic N) is 2. The van der Waals surface area contributed by atoms with Gasteiger partial charge in [0.15, 0.2) is 0 Å². The van der Waals surface area contributed by atoms with Crippen LogP contribution >= 0.6 is 50.5 Å². The highest BCUT2D eigenvalue weighted by molar-refractivity contribution is 9.10. The first-order valence-corrected chi connectivity index (χ1v) is 12.0. The van der Waals surface area contributed by atoms with Gasteiger partial charge >= 0.3 is 0 Å². The van der Waals surface area contributed by atoms with Crippen molar-refractivity contribution in [3.05, 3.63) is 78.9 Å². The number of carbonyl (C=O) groups excluding carboxylic acids is 2. The van der Waals surface area contributed by atoms with E-state index in [1.807, 2.05) is 34.5 Å². The minimum atomic E-state index is -0.309. The molecule has 1 N–H and O–H groups in total. The van der Waals surface area contributed by atoms with Gasteiger partial charge in [0, 0.05) is 36.3 Å². The first-order chi connectivity index (χ1) is 14.9. The van der Waals surface area contributed by atoms with Gasteiger partial charge < -0.3 is 15.1 Å². The maximum Gasteiger partial charge on any atom is 0.264 e. The van der Waals surface area contributed by atoms with E-state index in [0.717, 1.165) is 15.0 Å². The van der Waals surface area contributed by atoms with Gasteiger partial charge in [-0.3, -0.25) is 9.59 Å². The molecule has 160 valence electrons. The number of hydrogen-bond donors (Lipinski definition) is 1. The Bertz CT molecular complexity index is 1120. The minimum Gasteiger partial charge on any atom is -0.367 e. The van der Waals surface area contributed by atoms with Crippen LogP contribution in [-0.2, 0) is 0 Å². The van der Waals surface area contributed by atoms with Gasteiger partial charge in [-0.1, -0.05) is 45.2 Å². The molecule has 1 fully saturated rings. The third kappa shape index (κ3) is 5.06. The average molecular weight is 539 g/mol. The molecule has 0 aliphatic carbocycles. The Morgan fingerprint density at radius 1 is 0.968 bits per heavy atom. The van der Waals surface area contributed by atoms with Gasteiger partial charge in [-0.25, -0.2) is 0 Å². The molecule has 9 heteroatoms. The molecule has 0 saturated carbocycles. The second kappa shape index (κ2) is 9.61. The minimum absolute atomic E-state index is 0.0741. The molecule has 3 aromatic rings. The Kier molecular flexibility index (Phi) is 6.86. The fourth-order valence-electron chi connectivity index (χ4n) is 3.42. The van der Waals surface area contributed by atoms with Crippen LogP contribution in [0, 0.1) is 0 Å². The summed E-state index contributed by atoms with van der Waals surface area (Å²) in [6.45, 7) is 2.65. The first kappa shape index (κ1) is 22.1. The highest BCUT2D eigenvalue weighted by atomic mass is 79.9. The fraction of sp³-hybridized carbons (Fsp3) is 0.182. The van der Waals surface area contributed by atoms with Crippen LogP contribution in [0.4, 0.5) is 11.4 Å². The molecular weight excluding hydrogens is 521 g/mol. The van der Waals surface area contributed by atoms with Gasteiger partial charge in [-0.15, -0.1) is 11.3 Å². The third-order valence-corrected chi connectivity index (χ3v) is 7.00. The number of amides is 2. The number of anilines is 2. The lowest BCUT2D eigenvalue weighted by molar-refractivity contribution is 0.0751. The fourth-order valence-corrected chi connectivity index (χ4v) is 4.97. The molecule has 4 rings (SSSR count). The smallest absolute Gasteiger partial charge is 0.264 e. The van der Waals surface area contributed by atoms with E-state index in [4.69, 9.17) is 23.2 Å². The zero-order chi connectivity index (χ0) is 22.0. The molecule has 2 heterocycles. The molecule has 0 spiro atoms. The predicted molar refractivity (Wildman–Crippen MR) is 131 cm³/mol. The van der Waals surface area contributed by atoms with Gasteiger partial charge in [-0.05, 0) is 47.8 Å². The lowest BCUT2D eigenvalue weighted by atomic mass is 10.2. The van der Waals surface area contributed by atoms with Crippen LogP contribution < -0.4 is 10.2 Å². The summed E-state index contributed by atoms with van der Waals surface area (Å²) >= 11 is 17.5. The number of piperazine rings is 1. The lowest BCUT2D eigenvalue weighted by Gasteiger charge is -2.36. The van der Waals surface area contributed by atoms with E-state index in [0.29, 0.717) is 47.5 Å². The number of halogens is 3. The standard InChI is InChI=1S/C22H18BrCl2N3O2S/c23-14-3-5-17(24)16(12-14)21(29)26-15-4-6-19(18(25)13-15)27-7-9-28(10-8-27)22(30)20-2-1-11-31-20/h1-6,11-13H,7-10H2,(H,26,29). The molecule has 0 radical (unpaired) electrons. The first-order valence-electron chi connectivity index (χ1n) is 9.56. The lowest BCUT2D eigenvalue weighted by Crippen LogP contribution is -2.48. The highest BCUT2D eigenvalue weighted by Crippen LogP contribution is 2.31. The largest absolute Gasteiger partial charge is 0.367 e. The zero-order valence-electron chi connectivity index (χ0n) is 16.3. The van der Waals surface area contributed by atoms with Gasteiger partial charge in [0.25, 0.3) is 11.8 Å². The maximum absolute atomic E-state index is 12.6. The maximum atomic E-state index is 12.6. The van der Waals surface area contributed by atoms with Crippen LogP contribution in [0.1, 0.15) is 20.0 Å². The summed E-state index contributed by atoms with van der Waals surface area (Å²) in [5.41, 5.74) is 1.84. The Morgan fingerprint density at radius 3 is 2.42 bits per heavy atom. The second-order valence-corrected chi connectivity index (χ2v) is 9.68. The van der Waals surface area contributed by atoms with Crippen LogP contribution in [0.3, 0.4) is 0 Å². The van der Waals surface area contributed by atoms with Gasteiger partial charge in [-0.2, -0.15) is 0 Å². The van der Waals surface area contributed by atoms with E-state index >= 15 is 0 Å². The van der Waals surface area contributed by atoms with Crippen LogP contribution in [0.15, 0.2) is 58.4 Å². The molecule has 0 atom stereocenters. The number of hydrogen-bond acceptors (Lipinski definition) is 4. The average Bonchev–Trinajstić information content (AvgIpc) is 3.30. The second-order valence-electron chi connectivity index (χ2n) is 7.00. The number of benzene rings is 2. The zero-order valence-corrected chi connectivity index (χ0v) is 20.2. The highest BCUT2D eigenvalue weighted by Gasteiger charge is 2.24. The molecule has 1 aliphatic heterocycles. The van der Waals surface area contributed by atoms with E-state index in [-0.39, 0.29) is 11.8 Å². The van der Waals surface area contributed by atoms with Crippen molar-refractivity contribution in [2.45, 2.75) is 0 Å². The summed E-state index contributed by atoms with van der Waals surface area (Å²) in [5.74, 6) is -0.235. The Hall–Kier alpha value is -2.06. The third-order valence-electron chi connectivity index (χ3n) is 5.02. The molecule has 31 heavy (non-hydrogen) atoms. The Morgan fingerprint density at radius 2 is 1.74 bits per heavy atom. The number of carbonyl (C=O) groups is 2. The number of rotatable bonds is 4. The molecule has 2 aromatic carbocycles. The van der Waals surface area contributed by atoms with Crippen LogP contribution in [0.25, 0.3) is 0 Å². The van der Waals surface area contributed by atoms with Crippen molar-refractivity contribution in [2.75, 3.05) is 36.4 Å². The molecule has 0 unspecified atom stereocenters. The molecule has 2 amide bonds. The summed E-state index contributed by atoms with van der Waals surface area (Å²) < 4.78 is 0.770. The summed E-state index contributed by atoms with van der Waals surface area (Å²) in [7, 11) is 0. The summed E-state index contributed by atoms with van der Waals surface area (Å²) in [4.78, 5) is 29.9. The number of nitrogens with one attached hydrogen (secondary N) is 1. The van der Waals surface area contributed by atoms with E-state index in [9.17, 15) is 9.59 Å². The van der Waals surface area contributed by atoms with Crippen molar-refractivity contribution in [2.24, 2.45) is 0 Å².